The molecule has 3 rings (SSSR count). The number of amides is 2. The maximum Gasteiger partial charge on any atom is 0.321 e. The third kappa shape index (κ3) is 4.47. The molecule has 2 amide bonds. The van der Waals surface area contributed by atoms with E-state index < -0.39 is 0 Å². The molecule has 1 heterocycles. The molecule has 0 bridgehead atoms. The molecule has 0 atom stereocenters. The number of hydrogen-bond donors (Lipinski definition) is 1. The summed E-state index contributed by atoms with van der Waals surface area (Å²) in [6.07, 6.45) is 3.27. The fourth-order valence-corrected chi connectivity index (χ4v) is 3.57. The van der Waals surface area contributed by atoms with Gasteiger partial charge >= 0.3 is 6.03 Å². The standard InChI is InChI=1S/C19H21IN2O/c20-17-8-4-5-9-18(17)21-19(23)22-12-10-16(11-13-22)14-15-6-2-1-3-7-15/h1-9,16H,10-14H2,(H,21,23). The highest BCUT2D eigenvalue weighted by molar-refractivity contribution is 14.1. The number of hydrogen-bond acceptors (Lipinski definition) is 1. The highest BCUT2D eigenvalue weighted by Crippen LogP contribution is 2.23. The summed E-state index contributed by atoms with van der Waals surface area (Å²) < 4.78 is 1.07. The smallest absolute Gasteiger partial charge is 0.321 e. The van der Waals surface area contributed by atoms with Crippen LogP contribution in [0.4, 0.5) is 10.5 Å². The second-order valence-corrected chi connectivity index (χ2v) is 7.19. The first kappa shape index (κ1) is 16.3. The highest BCUT2D eigenvalue weighted by atomic mass is 127. The number of carbonyl (C=O) groups is 1. The number of anilines is 1. The van der Waals surface area contributed by atoms with E-state index >= 15 is 0 Å². The second-order valence-electron chi connectivity index (χ2n) is 6.03. The summed E-state index contributed by atoms with van der Waals surface area (Å²) in [6, 6.07) is 18.5. The van der Waals surface area contributed by atoms with Gasteiger partial charge in [-0.3, -0.25) is 0 Å². The van der Waals surface area contributed by atoms with Crippen LogP contribution in [-0.4, -0.2) is 24.0 Å². The van der Waals surface area contributed by atoms with Gasteiger partial charge in [-0.1, -0.05) is 42.5 Å². The number of piperidine rings is 1. The molecular weight excluding hydrogens is 399 g/mol. The van der Waals surface area contributed by atoms with Crippen LogP contribution in [0, 0.1) is 9.49 Å². The van der Waals surface area contributed by atoms with Crippen molar-refractivity contribution in [2.75, 3.05) is 18.4 Å². The second kappa shape index (κ2) is 7.81. The molecule has 0 unspecified atom stereocenters. The number of urea groups is 1. The number of carbonyl (C=O) groups excluding carboxylic acids is 1. The maximum absolute atomic E-state index is 12.4. The minimum Gasteiger partial charge on any atom is -0.325 e. The third-order valence-corrected chi connectivity index (χ3v) is 5.33. The molecule has 1 fully saturated rings. The average Bonchev–Trinajstić information content (AvgIpc) is 2.58. The largest absolute Gasteiger partial charge is 0.325 e. The molecular formula is C19H21IN2O. The van der Waals surface area contributed by atoms with E-state index in [9.17, 15) is 4.79 Å². The van der Waals surface area contributed by atoms with E-state index in [0.29, 0.717) is 5.92 Å². The van der Waals surface area contributed by atoms with E-state index in [-0.39, 0.29) is 6.03 Å². The lowest BCUT2D eigenvalue weighted by Gasteiger charge is -2.32. The minimum atomic E-state index is 0.0206. The van der Waals surface area contributed by atoms with E-state index in [1.54, 1.807) is 0 Å². The van der Waals surface area contributed by atoms with E-state index in [0.717, 1.165) is 41.6 Å². The number of nitrogens with one attached hydrogen (secondary N) is 1. The fourth-order valence-electron chi connectivity index (χ4n) is 3.04. The Labute approximate surface area is 151 Å². The van der Waals surface area contributed by atoms with Crippen LogP contribution in [0.3, 0.4) is 0 Å². The first-order valence-electron chi connectivity index (χ1n) is 8.07. The number of halogens is 1. The molecule has 0 saturated carbocycles. The van der Waals surface area contributed by atoms with Crippen molar-refractivity contribution in [1.29, 1.82) is 0 Å². The summed E-state index contributed by atoms with van der Waals surface area (Å²) in [6.45, 7) is 1.68. The lowest BCUT2D eigenvalue weighted by atomic mass is 9.90. The molecule has 4 heteroatoms. The first-order chi connectivity index (χ1) is 11.2. The third-order valence-electron chi connectivity index (χ3n) is 4.38. The normalized spacial score (nSPS) is 15.4. The molecule has 0 aromatic heterocycles. The maximum atomic E-state index is 12.4. The van der Waals surface area contributed by atoms with Gasteiger partial charge in [0.05, 0.1) is 5.69 Å². The van der Waals surface area contributed by atoms with Gasteiger partial charge in [-0.05, 0) is 65.5 Å². The van der Waals surface area contributed by atoms with Crippen molar-refractivity contribution in [3.63, 3.8) is 0 Å². The van der Waals surface area contributed by atoms with Gasteiger partial charge in [0.15, 0.2) is 0 Å². The lowest BCUT2D eigenvalue weighted by molar-refractivity contribution is 0.182. The molecule has 0 spiro atoms. The minimum absolute atomic E-state index is 0.0206. The quantitative estimate of drug-likeness (QED) is 0.713. The molecule has 1 N–H and O–H groups in total. The van der Waals surface area contributed by atoms with E-state index in [4.69, 9.17) is 0 Å². The Hall–Kier alpha value is -1.56. The van der Waals surface area contributed by atoms with Crippen LogP contribution in [0.5, 0.6) is 0 Å². The predicted molar refractivity (Wildman–Crippen MR) is 103 cm³/mol. The monoisotopic (exact) mass is 420 g/mol. The van der Waals surface area contributed by atoms with Gasteiger partial charge in [0.1, 0.15) is 0 Å². The van der Waals surface area contributed by atoms with Crippen LogP contribution in [0.25, 0.3) is 0 Å². The first-order valence-corrected chi connectivity index (χ1v) is 9.14. The lowest BCUT2D eigenvalue weighted by Crippen LogP contribution is -2.41. The zero-order valence-electron chi connectivity index (χ0n) is 13.0. The van der Waals surface area contributed by atoms with Crippen molar-refractivity contribution < 1.29 is 4.79 Å². The Morgan fingerprint density at radius 2 is 1.70 bits per heavy atom. The van der Waals surface area contributed by atoms with Crippen molar-refractivity contribution >= 4 is 34.3 Å². The summed E-state index contributed by atoms with van der Waals surface area (Å²) in [5.41, 5.74) is 2.29. The summed E-state index contributed by atoms with van der Waals surface area (Å²) in [5, 5.41) is 3.02. The van der Waals surface area contributed by atoms with Crippen molar-refractivity contribution in [2.24, 2.45) is 5.92 Å². The predicted octanol–water partition coefficient (Wildman–Crippen LogP) is 4.78. The van der Waals surface area contributed by atoms with Crippen LogP contribution >= 0.6 is 22.6 Å². The van der Waals surface area contributed by atoms with Crippen LogP contribution in [0.1, 0.15) is 18.4 Å². The Bertz CT molecular complexity index is 651. The Kier molecular flexibility index (Phi) is 5.54. The van der Waals surface area contributed by atoms with Gasteiger partial charge in [-0.15, -0.1) is 0 Å². The fraction of sp³-hybridized carbons (Fsp3) is 0.316. The summed E-state index contributed by atoms with van der Waals surface area (Å²) in [4.78, 5) is 14.3. The Balaban J connectivity index is 1.50. The highest BCUT2D eigenvalue weighted by Gasteiger charge is 2.23. The number of para-hydroxylation sites is 1. The molecule has 2 aromatic rings. The molecule has 120 valence electrons. The van der Waals surface area contributed by atoms with E-state index in [2.05, 4.69) is 58.2 Å². The molecule has 2 aromatic carbocycles. The van der Waals surface area contributed by atoms with Crippen LogP contribution in [-0.2, 0) is 6.42 Å². The molecule has 0 aliphatic carbocycles. The molecule has 1 aliphatic heterocycles. The van der Waals surface area contributed by atoms with E-state index in [1.165, 1.54) is 5.56 Å². The van der Waals surface area contributed by atoms with Gasteiger partial charge in [0.2, 0.25) is 0 Å². The summed E-state index contributed by atoms with van der Waals surface area (Å²) >= 11 is 2.25. The molecule has 1 aliphatic rings. The molecule has 23 heavy (non-hydrogen) atoms. The zero-order chi connectivity index (χ0) is 16.1. The number of benzene rings is 2. The number of rotatable bonds is 3. The van der Waals surface area contributed by atoms with Crippen molar-refractivity contribution in [3.05, 3.63) is 63.7 Å². The molecule has 3 nitrogen and oxygen atoms in total. The van der Waals surface area contributed by atoms with Crippen LogP contribution in [0.15, 0.2) is 54.6 Å². The number of likely N-dealkylation sites (tertiary alicyclic amines) is 1. The number of nitrogens with zero attached hydrogens (tertiary/aromatic N) is 1. The van der Waals surface area contributed by atoms with Crippen LogP contribution < -0.4 is 5.32 Å². The van der Waals surface area contributed by atoms with Crippen molar-refractivity contribution in [3.8, 4) is 0 Å². The van der Waals surface area contributed by atoms with Gasteiger partial charge in [-0.25, -0.2) is 4.79 Å². The summed E-state index contributed by atoms with van der Waals surface area (Å²) in [5.74, 6) is 0.679. The van der Waals surface area contributed by atoms with E-state index in [1.807, 2.05) is 29.2 Å². The molecule has 0 radical (unpaired) electrons. The topological polar surface area (TPSA) is 32.3 Å². The van der Waals surface area contributed by atoms with Gasteiger partial charge < -0.3 is 10.2 Å². The van der Waals surface area contributed by atoms with Gasteiger partial charge in [-0.2, -0.15) is 0 Å². The van der Waals surface area contributed by atoms with Crippen molar-refractivity contribution in [1.82, 2.24) is 4.90 Å². The van der Waals surface area contributed by atoms with Gasteiger partial charge in [0, 0.05) is 16.7 Å². The SMILES string of the molecule is O=C(Nc1ccccc1I)N1CCC(Cc2ccccc2)CC1. The van der Waals surface area contributed by atoms with Crippen molar-refractivity contribution in [2.45, 2.75) is 19.3 Å². The zero-order valence-corrected chi connectivity index (χ0v) is 15.2. The summed E-state index contributed by atoms with van der Waals surface area (Å²) in [7, 11) is 0. The van der Waals surface area contributed by atoms with Crippen LogP contribution in [0.2, 0.25) is 0 Å². The Morgan fingerprint density at radius 1 is 1.04 bits per heavy atom. The average molecular weight is 420 g/mol. The van der Waals surface area contributed by atoms with Gasteiger partial charge in [0.25, 0.3) is 0 Å². The molecule has 1 saturated heterocycles. The Morgan fingerprint density at radius 3 is 2.39 bits per heavy atom.